The fraction of sp³-hybridized carbons (Fsp3) is 0.765. The minimum Gasteiger partial charge on any atom is -0.450 e. The Labute approximate surface area is 149 Å². The van der Waals surface area contributed by atoms with E-state index >= 15 is 0 Å². The predicted molar refractivity (Wildman–Crippen MR) is 94.8 cm³/mol. The Hall–Kier alpha value is -1.54. The highest BCUT2D eigenvalue weighted by atomic mass is 16.7. The van der Waals surface area contributed by atoms with E-state index in [2.05, 4.69) is 5.10 Å². The summed E-state index contributed by atoms with van der Waals surface area (Å²) >= 11 is 0. The molecule has 2 fully saturated rings. The Balaban J connectivity index is 1.69. The van der Waals surface area contributed by atoms with E-state index in [1.54, 1.807) is 11.1 Å². The highest BCUT2D eigenvalue weighted by Gasteiger charge is 2.52. The normalized spacial score (nSPS) is 25.2. The lowest BCUT2D eigenvalue weighted by Gasteiger charge is -2.32. The van der Waals surface area contributed by atoms with Gasteiger partial charge in [-0.2, -0.15) is 5.10 Å². The molecule has 0 aliphatic carbocycles. The third-order valence-electron chi connectivity index (χ3n) is 5.44. The maximum atomic E-state index is 12.0. The maximum absolute atomic E-state index is 12.0. The molecule has 3 rings (SSSR count). The van der Waals surface area contributed by atoms with Crippen LogP contribution in [0.25, 0.3) is 0 Å². The molecule has 8 heteroatoms. The van der Waals surface area contributed by atoms with E-state index < -0.39 is 7.12 Å². The molecule has 0 bridgehead atoms. The molecule has 138 valence electrons. The summed E-state index contributed by atoms with van der Waals surface area (Å²) in [5.74, 6) is 0. The number of amides is 1. The first-order valence-electron chi connectivity index (χ1n) is 9.05. The summed E-state index contributed by atoms with van der Waals surface area (Å²) in [6.07, 6.45) is 5.45. The van der Waals surface area contributed by atoms with E-state index in [1.807, 2.05) is 45.5 Å². The molecule has 2 saturated heterocycles. The molecule has 2 aliphatic rings. The van der Waals surface area contributed by atoms with Gasteiger partial charge in [-0.15, -0.1) is 0 Å². The number of aromatic nitrogens is 2. The quantitative estimate of drug-likeness (QED) is 0.781. The second-order valence-electron chi connectivity index (χ2n) is 7.78. The van der Waals surface area contributed by atoms with Crippen LogP contribution in [0.1, 0.15) is 53.5 Å². The Bertz CT molecular complexity index is 615. The van der Waals surface area contributed by atoms with Crippen LogP contribution in [0.2, 0.25) is 0 Å². The summed E-state index contributed by atoms with van der Waals surface area (Å²) in [6, 6.07) is 0.148. The molecular formula is C17H28BN3O4. The van der Waals surface area contributed by atoms with Crippen LogP contribution in [0.3, 0.4) is 0 Å². The van der Waals surface area contributed by atoms with Gasteiger partial charge < -0.3 is 18.9 Å². The van der Waals surface area contributed by atoms with Crippen LogP contribution in [0.5, 0.6) is 0 Å². The zero-order valence-corrected chi connectivity index (χ0v) is 15.8. The second-order valence-corrected chi connectivity index (χ2v) is 7.78. The lowest BCUT2D eigenvalue weighted by molar-refractivity contribution is 0.00578. The first-order chi connectivity index (χ1) is 11.7. The monoisotopic (exact) mass is 349 g/mol. The zero-order chi connectivity index (χ0) is 18.2. The van der Waals surface area contributed by atoms with Crippen molar-refractivity contribution >= 4 is 18.7 Å². The van der Waals surface area contributed by atoms with Crippen molar-refractivity contribution in [3.63, 3.8) is 0 Å². The third kappa shape index (κ3) is 3.55. The average Bonchev–Trinajstić information content (AvgIpc) is 3.11. The molecule has 0 radical (unpaired) electrons. The van der Waals surface area contributed by atoms with Gasteiger partial charge in [0.1, 0.15) is 0 Å². The predicted octanol–water partition coefficient (Wildman–Crippen LogP) is 1.98. The molecule has 1 atom stereocenters. The van der Waals surface area contributed by atoms with Crippen LogP contribution < -0.4 is 5.46 Å². The number of hydrogen-bond donors (Lipinski definition) is 0. The van der Waals surface area contributed by atoms with Gasteiger partial charge in [-0.25, -0.2) is 4.79 Å². The van der Waals surface area contributed by atoms with Gasteiger partial charge in [-0.05, 0) is 47.5 Å². The topological polar surface area (TPSA) is 65.8 Å². The SMILES string of the molecule is CCOC(=O)N1CCCC(n2cc(B3OC(C)(C)C(C)(C)O3)cn2)C1. The van der Waals surface area contributed by atoms with Crippen molar-refractivity contribution in [2.45, 2.75) is 64.7 Å². The van der Waals surface area contributed by atoms with Gasteiger partial charge in [0, 0.05) is 30.9 Å². The van der Waals surface area contributed by atoms with Gasteiger partial charge in [0.2, 0.25) is 0 Å². The van der Waals surface area contributed by atoms with E-state index in [0.717, 1.165) is 24.8 Å². The lowest BCUT2D eigenvalue weighted by Crippen LogP contribution is -2.41. The molecule has 0 N–H and O–H groups in total. The Morgan fingerprint density at radius 1 is 1.36 bits per heavy atom. The zero-order valence-electron chi connectivity index (χ0n) is 15.8. The number of likely N-dealkylation sites (tertiary alicyclic amines) is 1. The Morgan fingerprint density at radius 3 is 2.68 bits per heavy atom. The number of rotatable bonds is 3. The number of carbonyl (C=O) groups excluding carboxylic acids is 1. The summed E-state index contributed by atoms with van der Waals surface area (Å²) in [6.45, 7) is 11.7. The molecule has 3 heterocycles. The number of ether oxygens (including phenoxy) is 1. The standard InChI is InChI=1S/C17H28BN3O4/c1-6-23-15(22)20-9-7-8-14(12-20)21-11-13(10-19-21)18-24-16(2,3)17(4,5)25-18/h10-11,14H,6-9,12H2,1-5H3. The second kappa shape index (κ2) is 6.65. The smallest absolute Gasteiger partial charge is 0.450 e. The summed E-state index contributed by atoms with van der Waals surface area (Å²) in [7, 11) is -0.413. The summed E-state index contributed by atoms with van der Waals surface area (Å²) in [5, 5.41) is 4.50. The van der Waals surface area contributed by atoms with E-state index in [0.29, 0.717) is 13.2 Å². The Morgan fingerprint density at radius 2 is 2.04 bits per heavy atom. The molecule has 1 aromatic heterocycles. The maximum Gasteiger partial charge on any atom is 0.498 e. The van der Waals surface area contributed by atoms with Crippen molar-refractivity contribution < 1.29 is 18.8 Å². The molecule has 0 aromatic carbocycles. The molecule has 25 heavy (non-hydrogen) atoms. The van der Waals surface area contributed by atoms with E-state index in [9.17, 15) is 4.79 Å². The third-order valence-corrected chi connectivity index (χ3v) is 5.44. The summed E-state index contributed by atoms with van der Waals surface area (Å²) < 4.78 is 19.2. The first-order valence-corrected chi connectivity index (χ1v) is 9.05. The van der Waals surface area contributed by atoms with Crippen molar-refractivity contribution in [2.75, 3.05) is 19.7 Å². The number of hydrogen-bond acceptors (Lipinski definition) is 5. The van der Waals surface area contributed by atoms with Crippen molar-refractivity contribution in [2.24, 2.45) is 0 Å². The number of carbonyl (C=O) groups is 1. The van der Waals surface area contributed by atoms with Crippen LogP contribution in [0, 0.1) is 0 Å². The minimum atomic E-state index is -0.413. The van der Waals surface area contributed by atoms with Crippen molar-refractivity contribution in [3.05, 3.63) is 12.4 Å². The number of piperidine rings is 1. The lowest BCUT2D eigenvalue weighted by atomic mass is 9.82. The van der Waals surface area contributed by atoms with Crippen LogP contribution >= 0.6 is 0 Å². The van der Waals surface area contributed by atoms with Crippen molar-refractivity contribution in [3.8, 4) is 0 Å². The van der Waals surface area contributed by atoms with Crippen LogP contribution in [0.15, 0.2) is 12.4 Å². The molecule has 1 amide bonds. The van der Waals surface area contributed by atoms with E-state index in [1.165, 1.54) is 0 Å². The first kappa shape index (κ1) is 18.3. The van der Waals surface area contributed by atoms with E-state index in [4.69, 9.17) is 14.0 Å². The largest absolute Gasteiger partial charge is 0.498 e. The highest BCUT2D eigenvalue weighted by Crippen LogP contribution is 2.36. The van der Waals surface area contributed by atoms with Gasteiger partial charge in [0.25, 0.3) is 0 Å². The van der Waals surface area contributed by atoms with Gasteiger partial charge in [0.15, 0.2) is 0 Å². The van der Waals surface area contributed by atoms with Crippen molar-refractivity contribution in [1.29, 1.82) is 0 Å². The molecule has 2 aliphatic heterocycles. The fourth-order valence-corrected chi connectivity index (χ4v) is 3.20. The molecule has 1 unspecified atom stereocenters. The van der Waals surface area contributed by atoms with E-state index in [-0.39, 0.29) is 23.3 Å². The van der Waals surface area contributed by atoms with Gasteiger partial charge in [-0.1, -0.05) is 0 Å². The molecule has 1 aromatic rings. The fourth-order valence-electron chi connectivity index (χ4n) is 3.20. The van der Waals surface area contributed by atoms with Gasteiger partial charge >= 0.3 is 13.2 Å². The molecule has 7 nitrogen and oxygen atoms in total. The summed E-state index contributed by atoms with van der Waals surface area (Å²) in [5.41, 5.74) is 0.170. The van der Waals surface area contributed by atoms with Crippen LogP contribution in [-0.2, 0) is 14.0 Å². The molecule has 0 saturated carbocycles. The molecular weight excluding hydrogens is 321 g/mol. The average molecular weight is 349 g/mol. The van der Waals surface area contributed by atoms with Crippen LogP contribution in [-0.4, -0.2) is 58.8 Å². The number of nitrogens with zero attached hydrogens (tertiary/aromatic N) is 3. The molecule has 0 spiro atoms. The Kier molecular flexibility index (Phi) is 4.85. The van der Waals surface area contributed by atoms with Gasteiger partial charge in [0.05, 0.1) is 23.9 Å². The summed E-state index contributed by atoms with van der Waals surface area (Å²) in [4.78, 5) is 13.7. The highest BCUT2D eigenvalue weighted by molar-refractivity contribution is 6.62. The van der Waals surface area contributed by atoms with Gasteiger partial charge in [-0.3, -0.25) is 4.68 Å². The van der Waals surface area contributed by atoms with Crippen molar-refractivity contribution in [1.82, 2.24) is 14.7 Å². The van der Waals surface area contributed by atoms with Crippen LogP contribution in [0.4, 0.5) is 4.79 Å². The minimum absolute atomic E-state index is 0.148.